The summed E-state index contributed by atoms with van der Waals surface area (Å²) in [6, 6.07) is 3.33. The Morgan fingerprint density at radius 1 is 1.34 bits per heavy atom. The number of amides is 1. The van der Waals surface area contributed by atoms with Crippen LogP contribution < -0.4 is 11.2 Å². The molecule has 29 heavy (non-hydrogen) atoms. The topological polar surface area (TPSA) is 93.6 Å². The number of nitrogens with zero attached hydrogens (tertiary/aromatic N) is 2. The third-order valence-corrected chi connectivity index (χ3v) is 5.35. The van der Waals surface area contributed by atoms with Crippen molar-refractivity contribution in [1.29, 1.82) is 0 Å². The molecule has 158 valence electrons. The minimum atomic E-state index is -0.600. The van der Waals surface area contributed by atoms with Gasteiger partial charge in [-0.3, -0.25) is 9.36 Å². The van der Waals surface area contributed by atoms with Crippen LogP contribution in [-0.4, -0.2) is 51.9 Å². The van der Waals surface area contributed by atoms with Crippen molar-refractivity contribution in [1.82, 2.24) is 14.5 Å². The van der Waals surface area contributed by atoms with Gasteiger partial charge in [-0.2, -0.15) is 0 Å². The maximum absolute atomic E-state index is 12.9. The molecule has 1 saturated heterocycles. The number of aromatic amines is 1. The molecule has 1 aliphatic rings. The largest absolute Gasteiger partial charge is 0.444 e. The Labute approximate surface area is 176 Å². The molecule has 2 heterocycles. The first-order chi connectivity index (χ1) is 13.6. The third kappa shape index (κ3) is 4.90. The lowest BCUT2D eigenvalue weighted by atomic mass is 10.1. The quantitative estimate of drug-likeness (QED) is 0.748. The summed E-state index contributed by atoms with van der Waals surface area (Å²) in [6.07, 6.45) is -0.00843. The first-order valence-corrected chi connectivity index (χ1v) is 10.4. The van der Waals surface area contributed by atoms with E-state index in [1.807, 2.05) is 33.8 Å². The van der Waals surface area contributed by atoms with E-state index in [0.29, 0.717) is 41.6 Å². The summed E-state index contributed by atoms with van der Waals surface area (Å²) in [5, 5.41) is 0.445. The van der Waals surface area contributed by atoms with Gasteiger partial charge in [0.25, 0.3) is 5.56 Å². The first-order valence-electron chi connectivity index (χ1n) is 9.57. The Morgan fingerprint density at radius 3 is 2.76 bits per heavy atom. The molecule has 0 radical (unpaired) electrons. The van der Waals surface area contributed by atoms with Gasteiger partial charge in [-0.1, -0.05) is 0 Å². The number of carbonyl (C=O) groups is 1. The molecular weight excluding hydrogens is 442 g/mol. The summed E-state index contributed by atoms with van der Waals surface area (Å²) in [5.41, 5.74) is -0.0335. The molecule has 1 atom stereocenters. The second-order valence-electron chi connectivity index (χ2n) is 8.25. The monoisotopic (exact) mass is 467 g/mol. The number of morpholine rings is 1. The van der Waals surface area contributed by atoms with Gasteiger partial charge >= 0.3 is 11.8 Å². The van der Waals surface area contributed by atoms with Crippen molar-refractivity contribution in [2.75, 3.05) is 19.8 Å². The number of halogens is 1. The fourth-order valence-electron chi connectivity index (χ4n) is 3.39. The van der Waals surface area contributed by atoms with Crippen LogP contribution in [-0.2, 0) is 16.0 Å². The van der Waals surface area contributed by atoms with Crippen LogP contribution in [0.1, 0.15) is 32.8 Å². The lowest BCUT2D eigenvalue weighted by Crippen LogP contribution is -2.51. The molecule has 0 spiro atoms. The first kappa shape index (κ1) is 21.6. The summed E-state index contributed by atoms with van der Waals surface area (Å²) in [7, 11) is 0. The Kier molecular flexibility index (Phi) is 6.19. The smallest absolute Gasteiger partial charge is 0.410 e. The predicted molar refractivity (Wildman–Crippen MR) is 113 cm³/mol. The van der Waals surface area contributed by atoms with Crippen LogP contribution in [0.25, 0.3) is 10.9 Å². The molecule has 1 aromatic carbocycles. The SMILES string of the molecule is Cc1cc(Br)c2[nH]c(=O)n(CCC3COCCN3C(=O)OC(C)(C)C)c(=O)c2c1. The standard InChI is InChI=1S/C20H26BrN3O5/c1-12-9-14-16(15(21)10-12)22-18(26)24(17(14)25)6-5-13-11-28-8-7-23(13)19(27)29-20(2,3)4/h9-10,13H,5-8,11H2,1-4H3,(H,22,26). The molecule has 1 aliphatic heterocycles. The maximum atomic E-state index is 12.9. The molecular formula is C20H26BrN3O5. The van der Waals surface area contributed by atoms with Crippen LogP contribution in [0.3, 0.4) is 0 Å². The van der Waals surface area contributed by atoms with Gasteiger partial charge in [-0.25, -0.2) is 9.59 Å². The molecule has 1 N–H and O–H groups in total. The summed E-state index contributed by atoms with van der Waals surface area (Å²) >= 11 is 3.40. The Balaban J connectivity index is 1.84. The van der Waals surface area contributed by atoms with Gasteiger partial charge in [0.2, 0.25) is 0 Å². The number of hydrogen-bond acceptors (Lipinski definition) is 5. The fraction of sp³-hybridized carbons (Fsp3) is 0.550. The van der Waals surface area contributed by atoms with Crippen molar-refractivity contribution >= 4 is 32.9 Å². The highest BCUT2D eigenvalue weighted by atomic mass is 79.9. The van der Waals surface area contributed by atoms with Gasteiger partial charge in [0.05, 0.1) is 30.2 Å². The molecule has 1 unspecified atom stereocenters. The number of carbonyl (C=O) groups excluding carboxylic acids is 1. The van der Waals surface area contributed by atoms with E-state index in [4.69, 9.17) is 9.47 Å². The summed E-state index contributed by atoms with van der Waals surface area (Å²) in [4.78, 5) is 42.4. The third-order valence-electron chi connectivity index (χ3n) is 4.73. The number of benzene rings is 1. The Morgan fingerprint density at radius 2 is 2.07 bits per heavy atom. The van der Waals surface area contributed by atoms with E-state index in [-0.39, 0.29) is 18.1 Å². The summed E-state index contributed by atoms with van der Waals surface area (Å²) in [5.74, 6) is 0. The number of aromatic nitrogens is 2. The van der Waals surface area contributed by atoms with E-state index in [2.05, 4.69) is 20.9 Å². The molecule has 2 aromatic rings. The molecule has 1 fully saturated rings. The van der Waals surface area contributed by atoms with Gasteiger partial charge in [0.15, 0.2) is 0 Å². The van der Waals surface area contributed by atoms with Gasteiger partial charge in [0, 0.05) is 17.6 Å². The van der Waals surface area contributed by atoms with Crippen LogP contribution >= 0.6 is 15.9 Å². The number of H-pyrrole nitrogens is 1. The number of fused-ring (bicyclic) bond motifs is 1. The molecule has 0 aliphatic carbocycles. The lowest BCUT2D eigenvalue weighted by Gasteiger charge is -2.36. The average Bonchev–Trinajstić information content (AvgIpc) is 2.61. The van der Waals surface area contributed by atoms with E-state index >= 15 is 0 Å². The Bertz CT molecular complexity index is 1040. The van der Waals surface area contributed by atoms with E-state index < -0.39 is 17.4 Å². The van der Waals surface area contributed by atoms with Crippen LogP contribution in [0.5, 0.6) is 0 Å². The van der Waals surface area contributed by atoms with E-state index in [1.165, 1.54) is 4.57 Å². The molecule has 1 aromatic heterocycles. The highest BCUT2D eigenvalue weighted by Gasteiger charge is 2.31. The minimum Gasteiger partial charge on any atom is -0.444 e. The number of nitrogens with one attached hydrogen (secondary N) is 1. The van der Waals surface area contributed by atoms with Crippen LogP contribution in [0.4, 0.5) is 4.79 Å². The van der Waals surface area contributed by atoms with Crippen molar-refractivity contribution in [3.05, 3.63) is 43.0 Å². The number of rotatable bonds is 3. The molecule has 1 amide bonds. The second-order valence-corrected chi connectivity index (χ2v) is 9.10. The second kappa shape index (κ2) is 8.31. The maximum Gasteiger partial charge on any atom is 0.410 e. The van der Waals surface area contributed by atoms with Gasteiger partial charge in [-0.15, -0.1) is 0 Å². The van der Waals surface area contributed by atoms with Gasteiger partial charge in [-0.05, 0) is 67.7 Å². The van der Waals surface area contributed by atoms with Crippen LogP contribution in [0, 0.1) is 6.92 Å². The molecule has 9 heteroatoms. The highest BCUT2D eigenvalue weighted by molar-refractivity contribution is 9.10. The highest BCUT2D eigenvalue weighted by Crippen LogP contribution is 2.21. The van der Waals surface area contributed by atoms with Crippen molar-refractivity contribution in [3.63, 3.8) is 0 Å². The predicted octanol–water partition coefficient (Wildman–Crippen LogP) is 2.79. The number of hydrogen-bond donors (Lipinski definition) is 1. The van der Waals surface area contributed by atoms with Crippen LogP contribution in [0.2, 0.25) is 0 Å². The fourth-order valence-corrected chi connectivity index (χ4v) is 4.06. The van der Waals surface area contributed by atoms with Crippen molar-refractivity contribution < 1.29 is 14.3 Å². The van der Waals surface area contributed by atoms with E-state index in [0.717, 1.165) is 5.56 Å². The number of aryl methyl sites for hydroxylation is 1. The zero-order valence-electron chi connectivity index (χ0n) is 17.1. The molecule has 8 nitrogen and oxygen atoms in total. The van der Waals surface area contributed by atoms with Crippen molar-refractivity contribution in [2.24, 2.45) is 0 Å². The van der Waals surface area contributed by atoms with Gasteiger partial charge in [0.1, 0.15) is 5.60 Å². The van der Waals surface area contributed by atoms with E-state index in [9.17, 15) is 14.4 Å². The lowest BCUT2D eigenvalue weighted by molar-refractivity contribution is -0.0348. The molecule has 0 bridgehead atoms. The van der Waals surface area contributed by atoms with Crippen LogP contribution in [0.15, 0.2) is 26.2 Å². The number of ether oxygens (including phenoxy) is 2. The minimum absolute atomic E-state index is 0.170. The van der Waals surface area contributed by atoms with E-state index in [1.54, 1.807) is 11.0 Å². The van der Waals surface area contributed by atoms with Crippen molar-refractivity contribution in [3.8, 4) is 0 Å². The normalized spacial score (nSPS) is 17.6. The zero-order chi connectivity index (χ0) is 21.3. The summed E-state index contributed by atoms with van der Waals surface area (Å²) in [6.45, 7) is 8.68. The molecule has 0 saturated carbocycles. The Hall–Kier alpha value is -2.13. The summed E-state index contributed by atoms with van der Waals surface area (Å²) < 4.78 is 12.8. The zero-order valence-corrected chi connectivity index (χ0v) is 18.7. The average molecular weight is 468 g/mol. The molecule has 3 rings (SSSR count). The van der Waals surface area contributed by atoms with Gasteiger partial charge < -0.3 is 19.4 Å². The van der Waals surface area contributed by atoms with Crippen molar-refractivity contribution in [2.45, 2.75) is 52.3 Å².